The highest BCUT2D eigenvalue weighted by atomic mass is 16.5. The molecule has 0 unspecified atom stereocenters. The second kappa shape index (κ2) is 14.8. The van der Waals surface area contributed by atoms with Crippen LogP contribution in [0.3, 0.4) is 0 Å². The Morgan fingerprint density at radius 3 is 0.981 bits per heavy atom. The predicted octanol–water partition coefficient (Wildman–Crippen LogP) is 9.71. The standard InChI is InChI=1S/C46H36N6O2/c1-27-39(21-47)45(40(22-48)28(2)51-27)31-13-17-33(18-14-31)53-25-43-35-9-5-7-11-37(35)44(38-12-8-6-10-36(38)43)26-54-34-19-15-32(16-20-34)46-41(23-49)29(3)52-30(4)42(46)24-50/h5-20,45-46,51-52H,25-26H2,1-4H3. The lowest BCUT2D eigenvalue weighted by atomic mass is 9.81. The van der Waals surface area contributed by atoms with Crippen molar-refractivity contribution in [2.45, 2.75) is 52.7 Å². The number of hydrogen-bond donors (Lipinski definition) is 2. The van der Waals surface area contributed by atoms with E-state index < -0.39 is 11.8 Å². The first kappa shape index (κ1) is 35.2. The van der Waals surface area contributed by atoms with Gasteiger partial charge in [0.1, 0.15) is 24.7 Å². The van der Waals surface area contributed by atoms with E-state index in [1.54, 1.807) is 0 Å². The molecule has 8 heteroatoms. The molecule has 0 atom stereocenters. The minimum absolute atomic E-state index is 0.329. The molecule has 2 heterocycles. The van der Waals surface area contributed by atoms with E-state index >= 15 is 0 Å². The number of dihydropyridines is 2. The van der Waals surface area contributed by atoms with E-state index in [1.807, 2.05) is 100 Å². The van der Waals surface area contributed by atoms with Crippen LogP contribution in [0.4, 0.5) is 0 Å². The Bertz CT molecular complexity index is 2320. The lowest BCUT2D eigenvalue weighted by molar-refractivity contribution is 0.307. The number of ether oxygens (including phenoxy) is 2. The molecule has 8 nitrogen and oxygen atoms in total. The normalized spacial score (nSPS) is 15.0. The van der Waals surface area contributed by atoms with Crippen molar-refractivity contribution in [2.75, 3.05) is 0 Å². The second-order valence-corrected chi connectivity index (χ2v) is 13.5. The number of rotatable bonds is 8. The molecule has 0 saturated heterocycles. The average molecular weight is 705 g/mol. The van der Waals surface area contributed by atoms with Crippen LogP contribution in [0.15, 0.2) is 142 Å². The highest BCUT2D eigenvalue weighted by Gasteiger charge is 2.30. The minimum atomic E-state index is -0.430. The van der Waals surface area contributed by atoms with Crippen molar-refractivity contribution in [1.29, 1.82) is 21.0 Å². The number of nitrogens with one attached hydrogen (secondary N) is 2. The molecular weight excluding hydrogens is 669 g/mol. The van der Waals surface area contributed by atoms with Crippen LogP contribution in [0.25, 0.3) is 21.5 Å². The molecule has 0 fully saturated rings. The SMILES string of the molecule is CC1=C(C#N)C(c2ccc(OCc3c4ccccc4c(COc4ccc(C5C(C#N)=C(C)NC(C)=C5C#N)cc4)c4ccccc34)cc2)C(C#N)=C(C)N1. The molecule has 0 radical (unpaired) electrons. The molecule has 7 rings (SSSR count). The van der Waals surface area contributed by atoms with E-state index in [9.17, 15) is 21.0 Å². The molecule has 0 aliphatic carbocycles. The zero-order valence-corrected chi connectivity index (χ0v) is 30.4. The highest BCUT2D eigenvalue weighted by molar-refractivity contribution is 6.05. The highest BCUT2D eigenvalue weighted by Crippen LogP contribution is 2.40. The van der Waals surface area contributed by atoms with Gasteiger partial charge in [0.05, 0.1) is 58.4 Å². The Labute approximate surface area is 314 Å². The van der Waals surface area contributed by atoms with Crippen LogP contribution >= 0.6 is 0 Å². The molecule has 262 valence electrons. The number of nitriles is 4. The fourth-order valence-corrected chi connectivity index (χ4v) is 7.69. The maximum absolute atomic E-state index is 9.91. The summed E-state index contributed by atoms with van der Waals surface area (Å²) < 4.78 is 12.9. The van der Waals surface area contributed by atoms with Crippen LogP contribution in [0.5, 0.6) is 11.5 Å². The fourth-order valence-electron chi connectivity index (χ4n) is 7.69. The van der Waals surface area contributed by atoms with E-state index in [2.05, 4.69) is 59.2 Å². The summed E-state index contributed by atoms with van der Waals surface area (Å²) in [5, 5.41) is 50.2. The smallest absolute Gasteiger partial charge is 0.119 e. The summed E-state index contributed by atoms with van der Waals surface area (Å²) in [7, 11) is 0. The van der Waals surface area contributed by atoms with Crippen molar-refractivity contribution >= 4 is 21.5 Å². The van der Waals surface area contributed by atoms with E-state index in [-0.39, 0.29) is 0 Å². The number of fused-ring (bicyclic) bond motifs is 2. The molecule has 0 aromatic heterocycles. The number of hydrogen-bond acceptors (Lipinski definition) is 8. The summed E-state index contributed by atoms with van der Waals surface area (Å²) in [4.78, 5) is 0. The van der Waals surface area contributed by atoms with Crippen LogP contribution < -0.4 is 20.1 Å². The van der Waals surface area contributed by atoms with Gasteiger partial charge < -0.3 is 20.1 Å². The number of benzene rings is 5. The van der Waals surface area contributed by atoms with Crippen LogP contribution in [0, 0.1) is 45.3 Å². The number of nitrogens with zero attached hydrogens (tertiary/aromatic N) is 4. The summed E-state index contributed by atoms with van der Waals surface area (Å²) in [6, 6.07) is 41.0. The lowest BCUT2D eigenvalue weighted by Crippen LogP contribution is -2.23. The van der Waals surface area contributed by atoms with Gasteiger partial charge in [-0.25, -0.2) is 0 Å². The number of allylic oxidation sites excluding steroid dienone is 8. The van der Waals surface area contributed by atoms with E-state index in [1.165, 1.54) is 0 Å². The monoisotopic (exact) mass is 704 g/mol. The van der Waals surface area contributed by atoms with Gasteiger partial charge in [-0.2, -0.15) is 21.0 Å². The quantitative estimate of drug-likeness (QED) is 0.152. The average Bonchev–Trinajstić information content (AvgIpc) is 3.19. The lowest BCUT2D eigenvalue weighted by Gasteiger charge is -2.26. The first-order valence-electron chi connectivity index (χ1n) is 17.6. The Hall–Kier alpha value is -7.26. The van der Waals surface area contributed by atoms with E-state index in [4.69, 9.17) is 9.47 Å². The molecule has 0 amide bonds. The van der Waals surface area contributed by atoms with Gasteiger partial charge in [0.2, 0.25) is 0 Å². The molecule has 0 saturated carbocycles. The fraction of sp³-hybridized carbons (Fsp3) is 0.174. The Balaban J connectivity index is 1.15. The Kier molecular flexibility index (Phi) is 9.61. The van der Waals surface area contributed by atoms with Gasteiger partial charge in [-0.05, 0) is 84.6 Å². The van der Waals surface area contributed by atoms with Gasteiger partial charge in [0.15, 0.2) is 0 Å². The largest absolute Gasteiger partial charge is 0.489 e. The Morgan fingerprint density at radius 1 is 0.444 bits per heavy atom. The molecule has 2 aliphatic heterocycles. The third-order valence-electron chi connectivity index (χ3n) is 10.4. The second-order valence-electron chi connectivity index (χ2n) is 13.5. The van der Waals surface area contributed by atoms with Crippen molar-refractivity contribution in [3.05, 3.63) is 164 Å². The molecular formula is C46H36N6O2. The first-order chi connectivity index (χ1) is 26.3. The molecule has 2 N–H and O–H groups in total. The van der Waals surface area contributed by atoms with Crippen molar-refractivity contribution in [1.82, 2.24) is 10.6 Å². The van der Waals surface area contributed by atoms with E-state index in [0.717, 1.165) is 66.6 Å². The molecule has 2 aliphatic rings. The molecule has 54 heavy (non-hydrogen) atoms. The van der Waals surface area contributed by atoms with Gasteiger partial charge >= 0.3 is 0 Å². The minimum Gasteiger partial charge on any atom is -0.489 e. The van der Waals surface area contributed by atoms with Gasteiger partial charge in [0.25, 0.3) is 0 Å². The summed E-state index contributed by atoms with van der Waals surface area (Å²) in [6.07, 6.45) is 0. The topological polar surface area (TPSA) is 138 Å². The van der Waals surface area contributed by atoms with Gasteiger partial charge in [0, 0.05) is 33.9 Å². The third-order valence-corrected chi connectivity index (χ3v) is 10.4. The summed E-state index contributed by atoms with van der Waals surface area (Å²) in [5.41, 5.74) is 8.97. The molecule has 5 aromatic rings. The summed E-state index contributed by atoms with van der Waals surface area (Å²) in [6.45, 7) is 8.09. The van der Waals surface area contributed by atoms with Crippen LogP contribution in [0.1, 0.15) is 61.8 Å². The van der Waals surface area contributed by atoms with Crippen molar-refractivity contribution in [2.24, 2.45) is 0 Å². The maximum Gasteiger partial charge on any atom is 0.119 e. The van der Waals surface area contributed by atoms with Gasteiger partial charge in [-0.3, -0.25) is 0 Å². The molecule has 0 bridgehead atoms. The van der Waals surface area contributed by atoms with Gasteiger partial charge in [-0.15, -0.1) is 0 Å². The summed E-state index contributed by atoms with van der Waals surface area (Å²) in [5.74, 6) is 0.501. The third kappa shape index (κ3) is 6.28. The molecule has 5 aromatic carbocycles. The van der Waals surface area contributed by atoms with E-state index in [0.29, 0.717) is 47.0 Å². The van der Waals surface area contributed by atoms with Crippen LogP contribution in [-0.2, 0) is 13.2 Å². The first-order valence-corrected chi connectivity index (χ1v) is 17.6. The zero-order chi connectivity index (χ0) is 37.9. The van der Waals surface area contributed by atoms with Gasteiger partial charge in [-0.1, -0.05) is 72.8 Å². The maximum atomic E-state index is 9.91. The summed E-state index contributed by atoms with van der Waals surface area (Å²) >= 11 is 0. The van der Waals surface area contributed by atoms with Crippen molar-refractivity contribution in [3.8, 4) is 35.8 Å². The zero-order valence-electron chi connectivity index (χ0n) is 30.4. The van der Waals surface area contributed by atoms with Crippen molar-refractivity contribution in [3.63, 3.8) is 0 Å². The van der Waals surface area contributed by atoms with Crippen LogP contribution in [-0.4, -0.2) is 0 Å². The Morgan fingerprint density at radius 2 is 0.722 bits per heavy atom. The molecule has 0 spiro atoms. The van der Waals surface area contributed by atoms with Crippen molar-refractivity contribution < 1.29 is 9.47 Å². The predicted molar refractivity (Wildman–Crippen MR) is 208 cm³/mol. The van der Waals surface area contributed by atoms with Crippen LogP contribution in [0.2, 0.25) is 0 Å².